The molecule has 114 valence electrons. The first-order valence-corrected chi connectivity index (χ1v) is 8.30. The number of carbonyl (C=O) groups is 1. The van der Waals surface area contributed by atoms with Crippen LogP contribution in [0.4, 0.5) is 0 Å². The molecule has 0 unspecified atom stereocenters. The highest BCUT2D eigenvalue weighted by atomic mass is 79.9. The van der Waals surface area contributed by atoms with Crippen LogP contribution >= 0.6 is 15.9 Å². The molecule has 1 amide bonds. The Labute approximate surface area is 133 Å². The molecule has 1 aliphatic heterocycles. The molecule has 1 heterocycles. The molecule has 21 heavy (non-hydrogen) atoms. The fourth-order valence-electron chi connectivity index (χ4n) is 2.80. The third-order valence-electron chi connectivity index (χ3n) is 4.36. The second-order valence-corrected chi connectivity index (χ2v) is 6.88. The van der Waals surface area contributed by atoms with E-state index >= 15 is 0 Å². The van der Waals surface area contributed by atoms with Crippen molar-refractivity contribution in [3.8, 4) is 0 Å². The Morgan fingerprint density at radius 3 is 2.62 bits per heavy atom. The molecule has 0 atom stereocenters. The molecule has 4 nitrogen and oxygen atoms in total. The van der Waals surface area contributed by atoms with E-state index in [1.807, 2.05) is 23.1 Å². The molecular weight excluding hydrogens is 332 g/mol. The normalized spacial score (nSPS) is 21.0. The number of nitrogens with zero attached hydrogens (tertiary/aromatic N) is 1. The predicted molar refractivity (Wildman–Crippen MR) is 84.7 cm³/mol. The summed E-state index contributed by atoms with van der Waals surface area (Å²) in [5, 5.41) is 0. The molecule has 5 heteroatoms. The van der Waals surface area contributed by atoms with Gasteiger partial charge in [0.1, 0.15) is 0 Å². The summed E-state index contributed by atoms with van der Waals surface area (Å²) in [6, 6.07) is 8.41. The van der Waals surface area contributed by atoms with E-state index in [2.05, 4.69) is 22.0 Å². The van der Waals surface area contributed by atoms with Crippen LogP contribution in [0.5, 0.6) is 0 Å². The smallest absolute Gasteiger partial charge is 0.243 e. The van der Waals surface area contributed by atoms with Crippen LogP contribution in [0.15, 0.2) is 28.7 Å². The Hall–Kier alpha value is -0.910. The van der Waals surface area contributed by atoms with Crippen LogP contribution in [-0.4, -0.2) is 35.6 Å². The van der Waals surface area contributed by atoms with Gasteiger partial charge in [-0.2, -0.15) is 0 Å². The SMILES string of the molecule is NC1(C(=O)N(Cc2ccccc2Br)C2CC2)CCOCC1. The lowest BCUT2D eigenvalue weighted by atomic mass is 9.89. The van der Waals surface area contributed by atoms with Crippen LogP contribution in [0.2, 0.25) is 0 Å². The molecule has 2 fully saturated rings. The quantitative estimate of drug-likeness (QED) is 0.905. The van der Waals surface area contributed by atoms with Gasteiger partial charge in [-0.25, -0.2) is 0 Å². The van der Waals surface area contributed by atoms with Crippen molar-refractivity contribution in [1.29, 1.82) is 0 Å². The van der Waals surface area contributed by atoms with Crippen LogP contribution in [0, 0.1) is 0 Å². The van der Waals surface area contributed by atoms with Crippen molar-refractivity contribution in [2.75, 3.05) is 13.2 Å². The number of benzene rings is 1. The molecule has 2 aliphatic rings. The second kappa shape index (κ2) is 6.07. The van der Waals surface area contributed by atoms with E-state index in [9.17, 15) is 4.79 Å². The number of ether oxygens (including phenoxy) is 1. The van der Waals surface area contributed by atoms with Gasteiger partial charge in [-0.1, -0.05) is 34.1 Å². The maximum atomic E-state index is 12.9. The van der Waals surface area contributed by atoms with E-state index in [1.54, 1.807) is 0 Å². The van der Waals surface area contributed by atoms with Crippen molar-refractivity contribution in [2.45, 2.75) is 43.8 Å². The molecular formula is C16H21BrN2O2. The first-order chi connectivity index (χ1) is 10.1. The molecule has 3 rings (SSSR count). The molecule has 2 N–H and O–H groups in total. The number of rotatable bonds is 4. The highest BCUT2D eigenvalue weighted by Gasteiger charge is 2.43. The number of carbonyl (C=O) groups excluding carboxylic acids is 1. The standard InChI is InChI=1S/C16H21BrN2O2/c17-14-4-2-1-3-12(14)11-19(13-5-6-13)15(20)16(18)7-9-21-10-8-16/h1-4,13H,5-11,18H2. The minimum absolute atomic E-state index is 0.0871. The average molecular weight is 353 g/mol. The topological polar surface area (TPSA) is 55.6 Å². The van der Waals surface area contributed by atoms with Crippen LogP contribution < -0.4 is 5.73 Å². The fourth-order valence-corrected chi connectivity index (χ4v) is 3.21. The Morgan fingerprint density at radius 1 is 1.33 bits per heavy atom. The Kier molecular flexibility index (Phi) is 4.33. The summed E-state index contributed by atoms with van der Waals surface area (Å²) in [6.45, 7) is 1.79. The summed E-state index contributed by atoms with van der Waals surface area (Å²) in [6.07, 6.45) is 3.40. The van der Waals surface area contributed by atoms with E-state index in [1.165, 1.54) is 0 Å². The van der Waals surface area contributed by atoms with E-state index < -0.39 is 5.54 Å². The van der Waals surface area contributed by atoms with Crippen molar-refractivity contribution in [3.05, 3.63) is 34.3 Å². The van der Waals surface area contributed by atoms with Gasteiger partial charge in [0.25, 0.3) is 0 Å². The molecule has 1 saturated heterocycles. The van der Waals surface area contributed by atoms with Crippen molar-refractivity contribution >= 4 is 21.8 Å². The molecule has 1 aromatic carbocycles. The van der Waals surface area contributed by atoms with Crippen LogP contribution in [0.3, 0.4) is 0 Å². The molecule has 1 aliphatic carbocycles. The minimum atomic E-state index is -0.748. The number of halogens is 1. The lowest BCUT2D eigenvalue weighted by molar-refractivity contribution is -0.141. The summed E-state index contributed by atoms with van der Waals surface area (Å²) >= 11 is 3.56. The largest absolute Gasteiger partial charge is 0.381 e. The average Bonchev–Trinajstić information content (AvgIpc) is 3.31. The summed E-state index contributed by atoms with van der Waals surface area (Å²) in [5.41, 5.74) is 6.76. The Bertz CT molecular complexity index is 525. The molecule has 0 spiro atoms. The van der Waals surface area contributed by atoms with Crippen molar-refractivity contribution in [1.82, 2.24) is 4.90 Å². The second-order valence-electron chi connectivity index (χ2n) is 6.02. The maximum absolute atomic E-state index is 12.9. The third kappa shape index (κ3) is 3.30. The van der Waals surface area contributed by atoms with Crippen LogP contribution in [0.1, 0.15) is 31.2 Å². The number of hydrogen-bond donors (Lipinski definition) is 1. The molecule has 1 aromatic rings. The highest BCUT2D eigenvalue weighted by molar-refractivity contribution is 9.10. The summed E-state index contributed by atoms with van der Waals surface area (Å²) in [5.74, 6) is 0.0871. The number of nitrogens with two attached hydrogens (primary N) is 1. The predicted octanol–water partition coefficient (Wildman–Crippen LogP) is 2.45. The summed E-state index contributed by atoms with van der Waals surface area (Å²) in [4.78, 5) is 14.9. The minimum Gasteiger partial charge on any atom is -0.381 e. The fraction of sp³-hybridized carbons (Fsp3) is 0.562. The zero-order valence-corrected chi connectivity index (χ0v) is 13.6. The summed E-state index contributed by atoms with van der Waals surface area (Å²) < 4.78 is 6.39. The molecule has 0 aromatic heterocycles. The zero-order valence-electron chi connectivity index (χ0n) is 12.1. The van der Waals surface area contributed by atoms with Gasteiger partial charge in [-0.15, -0.1) is 0 Å². The first-order valence-electron chi connectivity index (χ1n) is 7.51. The molecule has 0 radical (unpaired) electrons. The van der Waals surface area contributed by atoms with Gasteiger partial charge < -0.3 is 15.4 Å². The van der Waals surface area contributed by atoms with Gasteiger partial charge >= 0.3 is 0 Å². The van der Waals surface area contributed by atoms with Crippen LogP contribution in [-0.2, 0) is 16.1 Å². The van der Waals surface area contributed by atoms with Gasteiger partial charge in [0.15, 0.2) is 0 Å². The van der Waals surface area contributed by atoms with E-state index in [0.29, 0.717) is 38.6 Å². The molecule has 1 saturated carbocycles. The number of amides is 1. The van der Waals surface area contributed by atoms with Gasteiger partial charge in [-0.3, -0.25) is 4.79 Å². The van der Waals surface area contributed by atoms with Gasteiger partial charge in [0, 0.05) is 30.3 Å². The van der Waals surface area contributed by atoms with E-state index in [4.69, 9.17) is 10.5 Å². The lowest BCUT2D eigenvalue weighted by Gasteiger charge is -2.37. The van der Waals surface area contributed by atoms with E-state index in [0.717, 1.165) is 22.9 Å². The third-order valence-corrected chi connectivity index (χ3v) is 5.13. The maximum Gasteiger partial charge on any atom is 0.243 e. The van der Waals surface area contributed by atoms with Crippen molar-refractivity contribution in [3.63, 3.8) is 0 Å². The molecule has 0 bridgehead atoms. The zero-order chi connectivity index (χ0) is 14.9. The Balaban J connectivity index is 1.78. The van der Waals surface area contributed by atoms with Crippen molar-refractivity contribution < 1.29 is 9.53 Å². The number of hydrogen-bond acceptors (Lipinski definition) is 3. The van der Waals surface area contributed by atoms with Crippen LogP contribution in [0.25, 0.3) is 0 Å². The first kappa shape index (κ1) is 15.0. The summed E-state index contributed by atoms with van der Waals surface area (Å²) in [7, 11) is 0. The van der Waals surface area contributed by atoms with Gasteiger partial charge in [0.05, 0.1) is 5.54 Å². The van der Waals surface area contributed by atoms with Gasteiger partial charge in [0.2, 0.25) is 5.91 Å². The highest BCUT2D eigenvalue weighted by Crippen LogP contribution is 2.33. The van der Waals surface area contributed by atoms with E-state index in [-0.39, 0.29) is 5.91 Å². The monoisotopic (exact) mass is 352 g/mol. The van der Waals surface area contributed by atoms with Gasteiger partial charge in [-0.05, 0) is 37.3 Å². The Morgan fingerprint density at radius 2 is 2.00 bits per heavy atom. The van der Waals surface area contributed by atoms with Crippen molar-refractivity contribution in [2.24, 2.45) is 5.73 Å². The lowest BCUT2D eigenvalue weighted by Crippen LogP contribution is -2.58.